The molecule has 21 heavy (non-hydrogen) atoms. The number of carbonyl (C=O) groups excluding carboxylic acids is 1. The van der Waals surface area contributed by atoms with Crippen molar-refractivity contribution in [3.63, 3.8) is 0 Å². The van der Waals surface area contributed by atoms with Gasteiger partial charge in [0.05, 0.1) is 12.8 Å². The molecule has 0 N–H and O–H groups in total. The molecule has 0 unspecified atom stereocenters. The first-order valence-electron chi connectivity index (χ1n) is 6.91. The van der Waals surface area contributed by atoms with E-state index in [0.29, 0.717) is 18.5 Å². The quantitative estimate of drug-likeness (QED) is 0.801. The van der Waals surface area contributed by atoms with Gasteiger partial charge in [-0.05, 0) is 36.8 Å². The summed E-state index contributed by atoms with van der Waals surface area (Å²) in [7, 11) is 1.37. The van der Waals surface area contributed by atoms with Gasteiger partial charge in [-0.15, -0.1) is 0 Å². The van der Waals surface area contributed by atoms with E-state index in [4.69, 9.17) is 0 Å². The molecule has 0 saturated carbocycles. The Morgan fingerprint density at radius 3 is 2.86 bits per heavy atom. The molecule has 1 aromatic carbocycles. The molecule has 0 aromatic heterocycles. The van der Waals surface area contributed by atoms with E-state index in [-0.39, 0.29) is 18.3 Å². The maximum atomic E-state index is 13.3. The molecule has 0 bridgehead atoms. The summed E-state index contributed by atoms with van der Waals surface area (Å²) in [5.74, 6) is 0.327. The van der Waals surface area contributed by atoms with Gasteiger partial charge in [-0.25, -0.2) is 9.38 Å². The van der Waals surface area contributed by atoms with Gasteiger partial charge in [0.2, 0.25) is 0 Å². The van der Waals surface area contributed by atoms with Crippen LogP contribution in [0.1, 0.15) is 24.5 Å². The lowest BCUT2D eigenvalue weighted by atomic mass is 10.1. The lowest BCUT2D eigenvalue weighted by Gasteiger charge is -2.27. The van der Waals surface area contributed by atoms with Crippen LogP contribution in [-0.4, -0.2) is 36.9 Å². The number of aliphatic imine (C=N–C) groups is 1. The molecule has 0 atom stereocenters. The van der Waals surface area contributed by atoms with Gasteiger partial charge in [0.1, 0.15) is 18.2 Å². The van der Waals surface area contributed by atoms with E-state index < -0.39 is 0 Å². The zero-order valence-electron chi connectivity index (χ0n) is 12.5. The van der Waals surface area contributed by atoms with Gasteiger partial charge in [0, 0.05) is 18.5 Å². The first-order chi connectivity index (χ1) is 10.0. The van der Waals surface area contributed by atoms with Crippen molar-refractivity contribution in [3.8, 4) is 0 Å². The van der Waals surface area contributed by atoms with Gasteiger partial charge in [-0.3, -0.25) is 4.79 Å². The van der Waals surface area contributed by atoms with Gasteiger partial charge < -0.3 is 9.64 Å². The largest absolute Gasteiger partial charge is 0.468 e. The van der Waals surface area contributed by atoms with Crippen LogP contribution in [0.4, 0.5) is 4.39 Å². The molecule has 2 rings (SSSR count). The van der Waals surface area contributed by atoms with Crippen LogP contribution in [0.5, 0.6) is 0 Å². The fourth-order valence-corrected chi connectivity index (χ4v) is 2.22. The number of ether oxygens (including phenoxy) is 1. The highest BCUT2D eigenvalue weighted by atomic mass is 19.1. The number of hydrogen-bond acceptors (Lipinski definition) is 4. The van der Waals surface area contributed by atoms with E-state index in [1.165, 1.54) is 13.2 Å². The number of esters is 1. The summed E-state index contributed by atoms with van der Waals surface area (Å²) in [6.45, 7) is 4.50. The van der Waals surface area contributed by atoms with Crippen molar-refractivity contribution in [2.24, 2.45) is 4.99 Å². The monoisotopic (exact) mass is 290 g/mol. The van der Waals surface area contributed by atoms with Crippen molar-refractivity contribution in [1.82, 2.24) is 4.90 Å². The van der Waals surface area contributed by atoms with E-state index in [9.17, 15) is 9.18 Å². The smallest absolute Gasteiger partial charge is 0.325 e. The molecule has 1 aliphatic heterocycles. The van der Waals surface area contributed by atoms with Crippen LogP contribution >= 0.6 is 0 Å². The average Bonchev–Trinajstić information content (AvgIpc) is 2.50. The first-order valence-corrected chi connectivity index (χ1v) is 6.91. The predicted molar refractivity (Wildman–Crippen MR) is 80.4 cm³/mol. The lowest BCUT2D eigenvalue weighted by molar-refractivity contribution is -0.140. The molecule has 0 fully saturated rings. The molecule has 0 amide bonds. The number of aryl methyl sites for hydroxylation is 1. The minimum atomic E-state index is -0.286. The average molecular weight is 290 g/mol. The molecule has 0 spiro atoms. The third kappa shape index (κ3) is 3.48. The summed E-state index contributed by atoms with van der Waals surface area (Å²) in [5.41, 5.74) is 2.30. The number of rotatable bonds is 4. The standard InChI is InChI=1S/C16H19FN2O2/c1-4-15-18-14(7-8-19(15)10-16(20)21-3)12-5-6-13(17)11(2)9-12/h5-7,9H,4,8,10H2,1-3H3. The molecule has 1 aromatic rings. The Bertz CT molecular complexity index is 608. The third-order valence-corrected chi connectivity index (χ3v) is 3.44. The van der Waals surface area contributed by atoms with Crippen molar-refractivity contribution in [1.29, 1.82) is 0 Å². The molecule has 1 heterocycles. The van der Waals surface area contributed by atoms with Crippen LogP contribution in [0.15, 0.2) is 29.3 Å². The Balaban J connectivity index is 2.22. The zero-order valence-corrected chi connectivity index (χ0v) is 12.5. The van der Waals surface area contributed by atoms with Crippen molar-refractivity contribution in [3.05, 3.63) is 41.2 Å². The van der Waals surface area contributed by atoms with Crippen LogP contribution in [0, 0.1) is 12.7 Å². The maximum Gasteiger partial charge on any atom is 0.325 e. The normalized spacial score (nSPS) is 14.6. The van der Waals surface area contributed by atoms with Gasteiger partial charge in [-0.2, -0.15) is 0 Å². The van der Waals surface area contributed by atoms with Crippen molar-refractivity contribution >= 4 is 17.5 Å². The fraction of sp³-hybridized carbons (Fsp3) is 0.375. The van der Waals surface area contributed by atoms with Gasteiger partial charge in [0.15, 0.2) is 0 Å². The van der Waals surface area contributed by atoms with Crippen LogP contribution in [0.3, 0.4) is 0 Å². The summed E-state index contributed by atoms with van der Waals surface area (Å²) in [5, 5.41) is 0. The number of halogens is 1. The van der Waals surface area contributed by atoms with Gasteiger partial charge in [-0.1, -0.05) is 6.92 Å². The minimum absolute atomic E-state index is 0.190. The molecule has 1 aliphatic rings. The Labute approximate surface area is 123 Å². The van der Waals surface area contributed by atoms with Crippen molar-refractivity contribution < 1.29 is 13.9 Å². The van der Waals surface area contributed by atoms with E-state index in [1.54, 1.807) is 19.1 Å². The zero-order chi connectivity index (χ0) is 15.4. The molecular weight excluding hydrogens is 271 g/mol. The first kappa shape index (κ1) is 15.2. The highest BCUT2D eigenvalue weighted by Crippen LogP contribution is 2.23. The fourth-order valence-electron chi connectivity index (χ4n) is 2.22. The van der Waals surface area contributed by atoms with E-state index >= 15 is 0 Å². The Morgan fingerprint density at radius 1 is 1.48 bits per heavy atom. The minimum Gasteiger partial charge on any atom is -0.468 e. The number of methoxy groups -OCH3 is 1. The topological polar surface area (TPSA) is 41.9 Å². The van der Waals surface area contributed by atoms with Crippen LogP contribution in [0.2, 0.25) is 0 Å². The number of hydrogen-bond donors (Lipinski definition) is 0. The predicted octanol–water partition coefficient (Wildman–Crippen LogP) is 2.77. The maximum absolute atomic E-state index is 13.3. The van der Waals surface area contributed by atoms with Crippen LogP contribution < -0.4 is 0 Å². The van der Waals surface area contributed by atoms with E-state index in [2.05, 4.69) is 9.73 Å². The third-order valence-electron chi connectivity index (χ3n) is 3.44. The number of carbonyl (C=O) groups is 1. The van der Waals surface area contributed by atoms with Crippen LogP contribution in [0.25, 0.3) is 5.70 Å². The van der Waals surface area contributed by atoms with Crippen molar-refractivity contribution in [2.75, 3.05) is 20.2 Å². The van der Waals surface area contributed by atoms with Crippen molar-refractivity contribution in [2.45, 2.75) is 20.3 Å². The summed E-state index contributed by atoms with van der Waals surface area (Å²) in [6.07, 6.45) is 2.66. The van der Waals surface area contributed by atoms with E-state index in [0.717, 1.165) is 17.1 Å². The molecule has 4 nitrogen and oxygen atoms in total. The SMILES string of the molecule is CCC1=NC(c2ccc(F)c(C)c2)=CCN1CC(=O)OC. The van der Waals surface area contributed by atoms with E-state index in [1.807, 2.05) is 17.9 Å². The molecule has 0 aliphatic carbocycles. The summed E-state index contributed by atoms with van der Waals surface area (Å²) >= 11 is 0. The molecule has 0 saturated heterocycles. The lowest BCUT2D eigenvalue weighted by Crippen LogP contribution is -2.37. The highest BCUT2D eigenvalue weighted by Gasteiger charge is 2.18. The molecule has 0 radical (unpaired) electrons. The number of benzene rings is 1. The van der Waals surface area contributed by atoms with Gasteiger partial charge in [0.25, 0.3) is 0 Å². The second kappa shape index (κ2) is 6.52. The van der Waals surface area contributed by atoms with Crippen LogP contribution in [-0.2, 0) is 9.53 Å². The van der Waals surface area contributed by atoms with Gasteiger partial charge >= 0.3 is 5.97 Å². The summed E-state index contributed by atoms with van der Waals surface area (Å²) < 4.78 is 18.0. The Morgan fingerprint density at radius 2 is 2.24 bits per heavy atom. The molecular formula is C16H19FN2O2. The second-order valence-corrected chi connectivity index (χ2v) is 4.89. The second-order valence-electron chi connectivity index (χ2n) is 4.89. The highest BCUT2D eigenvalue weighted by molar-refractivity contribution is 5.92. The molecule has 5 heteroatoms. The Kier molecular flexibility index (Phi) is 4.73. The Hall–Kier alpha value is -2.17. The summed E-state index contributed by atoms with van der Waals surface area (Å²) in [6, 6.07) is 4.96. The molecule has 112 valence electrons. The number of amidine groups is 1. The summed E-state index contributed by atoms with van der Waals surface area (Å²) in [4.78, 5) is 17.9. The number of nitrogens with zero attached hydrogens (tertiary/aromatic N) is 2.